The zero-order chi connectivity index (χ0) is 14.5. The third-order valence-corrected chi connectivity index (χ3v) is 3.68. The summed E-state index contributed by atoms with van der Waals surface area (Å²) in [6.45, 7) is 5.58. The number of hydrogen-bond donors (Lipinski definition) is 1. The summed E-state index contributed by atoms with van der Waals surface area (Å²) in [7, 11) is 2.11. The average molecular weight is 300 g/mol. The maximum absolute atomic E-state index is 11.0. The van der Waals surface area contributed by atoms with E-state index in [9.17, 15) is 10.1 Å². The summed E-state index contributed by atoms with van der Waals surface area (Å²) in [5, 5.41) is 14.1. The Balaban J connectivity index is 1.88. The van der Waals surface area contributed by atoms with Crippen LogP contribution >= 0.6 is 11.6 Å². The van der Waals surface area contributed by atoms with Crippen molar-refractivity contribution in [2.45, 2.75) is 0 Å². The number of likely N-dealkylation sites (N-methyl/N-ethyl adjacent to an activating group) is 1. The molecule has 1 fully saturated rings. The van der Waals surface area contributed by atoms with Gasteiger partial charge in [-0.15, -0.1) is 0 Å². The molecule has 1 aliphatic heterocycles. The van der Waals surface area contributed by atoms with Crippen LogP contribution in [-0.2, 0) is 0 Å². The molecule has 0 aromatic carbocycles. The van der Waals surface area contributed by atoms with Gasteiger partial charge >= 0.3 is 5.69 Å². The van der Waals surface area contributed by atoms with Crippen LogP contribution in [0.4, 0.5) is 11.5 Å². The van der Waals surface area contributed by atoms with E-state index in [1.165, 1.54) is 12.3 Å². The Morgan fingerprint density at radius 3 is 2.80 bits per heavy atom. The quantitative estimate of drug-likeness (QED) is 0.652. The van der Waals surface area contributed by atoms with Crippen molar-refractivity contribution in [3.05, 3.63) is 27.4 Å². The first-order chi connectivity index (χ1) is 9.58. The molecule has 0 radical (unpaired) electrons. The molecule has 1 saturated heterocycles. The second kappa shape index (κ2) is 6.83. The fourth-order valence-electron chi connectivity index (χ4n) is 2.14. The highest BCUT2D eigenvalue weighted by atomic mass is 35.5. The Morgan fingerprint density at radius 1 is 1.45 bits per heavy atom. The molecule has 110 valence electrons. The van der Waals surface area contributed by atoms with Gasteiger partial charge in [-0.25, -0.2) is 4.98 Å². The van der Waals surface area contributed by atoms with Gasteiger partial charge in [0.25, 0.3) is 0 Å². The predicted octanol–water partition coefficient (Wildman–Crippen LogP) is 1.30. The van der Waals surface area contributed by atoms with Gasteiger partial charge in [0, 0.05) is 45.5 Å². The third-order valence-electron chi connectivity index (χ3n) is 3.37. The molecule has 1 N–H and O–H groups in total. The Labute approximate surface area is 122 Å². The van der Waals surface area contributed by atoms with Gasteiger partial charge < -0.3 is 10.2 Å². The maximum Gasteiger partial charge on any atom is 0.329 e. The lowest BCUT2D eigenvalue weighted by Crippen LogP contribution is -2.45. The van der Waals surface area contributed by atoms with Gasteiger partial charge in [0.1, 0.15) is 5.02 Å². The normalized spacial score (nSPS) is 17.1. The molecule has 1 aliphatic rings. The Hall–Kier alpha value is -1.44. The minimum Gasteiger partial charge on any atom is -0.363 e. The largest absolute Gasteiger partial charge is 0.363 e. The van der Waals surface area contributed by atoms with E-state index < -0.39 is 4.92 Å². The summed E-state index contributed by atoms with van der Waals surface area (Å²) >= 11 is 5.83. The molecule has 0 unspecified atom stereocenters. The van der Waals surface area contributed by atoms with Crippen LogP contribution in [0.3, 0.4) is 0 Å². The van der Waals surface area contributed by atoms with Crippen molar-refractivity contribution in [1.82, 2.24) is 14.8 Å². The number of anilines is 1. The summed E-state index contributed by atoms with van der Waals surface area (Å²) in [6.07, 6.45) is 1.47. The second-order valence-electron chi connectivity index (χ2n) is 4.82. The highest BCUT2D eigenvalue weighted by Gasteiger charge is 2.20. The molecular weight excluding hydrogens is 282 g/mol. The lowest BCUT2D eigenvalue weighted by molar-refractivity contribution is -0.384. The standard InChI is InChI=1S/C12H18ClN5O2/c1-16-6-8-17(9-7-16)5-4-15-12-11(18(19)20)10(13)2-3-14-12/h2-3H,4-9H2,1H3,(H,14,15). The zero-order valence-electron chi connectivity index (χ0n) is 11.4. The fourth-order valence-corrected chi connectivity index (χ4v) is 2.35. The van der Waals surface area contributed by atoms with E-state index in [-0.39, 0.29) is 16.5 Å². The van der Waals surface area contributed by atoms with E-state index in [2.05, 4.69) is 27.1 Å². The molecule has 0 spiro atoms. The first-order valence-corrected chi connectivity index (χ1v) is 6.89. The van der Waals surface area contributed by atoms with Crippen LogP contribution in [0, 0.1) is 10.1 Å². The van der Waals surface area contributed by atoms with Crippen molar-refractivity contribution < 1.29 is 4.92 Å². The topological polar surface area (TPSA) is 74.5 Å². The SMILES string of the molecule is CN1CCN(CCNc2nccc(Cl)c2[N+](=O)[O-])CC1. The van der Waals surface area contributed by atoms with Crippen molar-refractivity contribution in [3.8, 4) is 0 Å². The van der Waals surface area contributed by atoms with Crippen LogP contribution in [0.1, 0.15) is 0 Å². The van der Waals surface area contributed by atoms with E-state index in [0.29, 0.717) is 6.54 Å². The summed E-state index contributed by atoms with van der Waals surface area (Å²) < 4.78 is 0. The van der Waals surface area contributed by atoms with Crippen LogP contribution < -0.4 is 5.32 Å². The number of nitro groups is 1. The maximum atomic E-state index is 11.0. The summed E-state index contributed by atoms with van der Waals surface area (Å²) in [5.41, 5.74) is -0.160. The predicted molar refractivity (Wildman–Crippen MR) is 78.3 cm³/mol. The van der Waals surface area contributed by atoms with Crippen molar-refractivity contribution >= 4 is 23.1 Å². The van der Waals surface area contributed by atoms with Crippen molar-refractivity contribution in [2.24, 2.45) is 0 Å². The molecule has 0 atom stereocenters. The zero-order valence-corrected chi connectivity index (χ0v) is 12.1. The minimum atomic E-state index is -0.506. The number of piperazine rings is 1. The fraction of sp³-hybridized carbons (Fsp3) is 0.583. The molecule has 0 aliphatic carbocycles. The van der Waals surface area contributed by atoms with Gasteiger partial charge in [0.05, 0.1) is 4.92 Å². The monoisotopic (exact) mass is 299 g/mol. The van der Waals surface area contributed by atoms with E-state index in [1.54, 1.807) is 0 Å². The van der Waals surface area contributed by atoms with Crippen LogP contribution in [-0.4, -0.2) is 66.0 Å². The lowest BCUT2D eigenvalue weighted by Gasteiger charge is -2.32. The number of rotatable bonds is 5. The van der Waals surface area contributed by atoms with Crippen LogP contribution in [0.5, 0.6) is 0 Å². The van der Waals surface area contributed by atoms with E-state index in [0.717, 1.165) is 32.7 Å². The summed E-state index contributed by atoms with van der Waals surface area (Å²) in [4.78, 5) is 19.1. The molecular formula is C12H18ClN5O2. The summed E-state index contributed by atoms with van der Waals surface area (Å²) in [5.74, 6) is 0.233. The Bertz CT molecular complexity index is 477. The highest BCUT2D eigenvalue weighted by Crippen LogP contribution is 2.29. The molecule has 20 heavy (non-hydrogen) atoms. The molecule has 0 saturated carbocycles. The number of hydrogen-bond acceptors (Lipinski definition) is 6. The molecule has 2 heterocycles. The van der Waals surface area contributed by atoms with Gasteiger partial charge in [0.15, 0.2) is 0 Å². The first-order valence-electron chi connectivity index (χ1n) is 6.51. The number of nitrogens with one attached hydrogen (secondary N) is 1. The molecule has 0 amide bonds. The van der Waals surface area contributed by atoms with Gasteiger partial charge in [-0.05, 0) is 13.1 Å². The van der Waals surface area contributed by atoms with Gasteiger partial charge in [0.2, 0.25) is 5.82 Å². The summed E-state index contributed by atoms with van der Waals surface area (Å²) in [6, 6.07) is 1.42. The second-order valence-corrected chi connectivity index (χ2v) is 5.23. The number of halogens is 1. The van der Waals surface area contributed by atoms with Crippen LogP contribution in [0.2, 0.25) is 5.02 Å². The van der Waals surface area contributed by atoms with Crippen LogP contribution in [0.25, 0.3) is 0 Å². The number of pyridine rings is 1. The van der Waals surface area contributed by atoms with Gasteiger partial charge in [-0.2, -0.15) is 0 Å². The first kappa shape index (κ1) is 15.0. The number of aromatic nitrogens is 1. The smallest absolute Gasteiger partial charge is 0.329 e. The van der Waals surface area contributed by atoms with Crippen molar-refractivity contribution in [2.75, 3.05) is 51.6 Å². The number of nitrogens with zero attached hydrogens (tertiary/aromatic N) is 4. The van der Waals surface area contributed by atoms with E-state index in [1.807, 2.05) is 0 Å². The highest BCUT2D eigenvalue weighted by molar-refractivity contribution is 6.33. The lowest BCUT2D eigenvalue weighted by atomic mass is 10.3. The van der Waals surface area contributed by atoms with E-state index >= 15 is 0 Å². The Morgan fingerprint density at radius 2 is 2.15 bits per heavy atom. The minimum absolute atomic E-state index is 0.104. The molecule has 0 bridgehead atoms. The Kier molecular flexibility index (Phi) is 5.11. The van der Waals surface area contributed by atoms with Crippen molar-refractivity contribution in [3.63, 3.8) is 0 Å². The molecule has 1 aromatic heterocycles. The molecule has 1 aromatic rings. The van der Waals surface area contributed by atoms with Crippen LogP contribution in [0.15, 0.2) is 12.3 Å². The molecule has 2 rings (SSSR count). The molecule has 7 nitrogen and oxygen atoms in total. The molecule has 8 heteroatoms. The van der Waals surface area contributed by atoms with Gasteiger partial charge in [-0.3, -0.25) is 15.0 Å². The van der Waals surface area contributed by atoms with Gasteiger partial charge in [-0.1, -0.05) is 11.6 Å². The van der Waals surface area contributed by atoms with Crippen molar-refractivity contribution in [1.29, 1.82) is 0 Å². The van der Waals surface area contributed by atoms with E-state index in [4.69, 9.17) is 11.6 Å². The average Bonchev–Trinajstić information content (AvgIpc) is 2.40. The third kappa shape index (κ3) is 3.78.